The molecule has 1 aromatic heterocycles. The van der Waals surface area contributed by atoms with Gasteiger partial charge in [0.15, 0.2) is 14.8 Å². The van der Waals surface area contributed by atoms with Crippen molar-refractivity contribution in [3.05, 3.63) is 58.4 Å². The lowest BCUT2D eigenvalue weighted by Crippen LogP contribution is -2.50. The topological polar surface area (TPSA) is 190 Å². The second kappa shape index (κ2) is 4.00. The molecule has 0 N–H and O–H groups in total. The van der Waals surface area contributed by atoms with Gasteiger partial charge < -0.3 is 10.1 Å². The quantitative estimate of drug-likeness (QED) is 0.358. The summed E-state index contributed by atoms with van der Waals surface area (Å²) in [6, 6.07) is 0.456. The molecule has 0 aliphatic rings. The lowest BCUT2D eigenvalue weighted by molar-refractivity contribution is -0.986. The summed E-state index contributed by atoms with van der Waals surface area (Å²) < 4.78 is 0. The molecule has 0 saturated heterocycles. The van der Waals surface area contributed by atoms with Gasteiger partial charge in [-0.25, -0.2) is 0 Å². The first kappa shape index (κ1) is 12.9. The van der Waals surface area contributed by atoms with Crippen LogP contribution in [0.5, 0.6) is 0 Å². The van der Waals surface area contributed by atoms with E-state index in [4.69, 9.17) is 0 Å². The SMILES string of the molecule is O=[N+]([O-])n1ccc(C([N+](=O)[O-])([N+](=O)[O-])[N+](=O)[O-])n1. The fourth-order valence-corrected chi connectivity index (χ4v) is 1.06. The van der Waals surface area contributed by atoms with Crippen LogP contribution in [0.15, 0.2) is 12.3 Å². The average molecular weight is 262 g/mol. The van der Waals surface area contributed by atoms with Crippen LogP contribution in [-0.2, 0) is 5.79 Å². The van der Waals surface area contributed by atoms with Gasteiger partial charge in [-0.15, -0.1) is 0 Å². The Labute approximate surface area is 95.0 Å². The molecule has 0 bridgehead atoms. The Kier molecular flexibility index (Phi) is 2.86. The molecule has 0 radical (unpaired) electrons. The monoisotopic (exact) mass is 262 g/mol. The molecule has 14 heteroatoms. The summed E-state index contributed by atoms with van der Waals surface area (Å²) in [5.74, 6) is -3.97. The molecule has 0 spiro atoms. The number of rotatable bonds is 5. The van der Waals surface area contributed by atoms with Crippen LogP contribution in [0.3, 0.4) is 0 Å². The van der Waals surface area contributed by atoms with Crippen molar-refractivity contribution >= 4 is 0 Å². The second-order valence-corrected chi connectivity index (χ2v) is 2.77. The fourth-order valence-electron chi connectivity index (χ4n) is 1.06. The lowest BCUT2D eigenvalue weighted by Gasteiger charge is -2.02. The Balaban J connectivity index is 3.52. The van der Waals surface area contributed by atoms with Crippen molar-refractivity contribution in [3.63, 3.8) is 0 Å². The summed E-state index contributed by atoms with van der Waals surface area (Å²) in [6.07, 6.45) is 0.514. The third kappa shape index (κ3) is 1.56. The van der Waals surface area contributed by atoms with E-state index in [1.54, 1.807) is 0 Å². The molecule has 0 aromatic carbocycles. The van der Waals surface area contributed by atoms with E-state index >= 15 is 0 Å². The van der Waals surface area contributed by atoms with E-state index in [2.05, 4.69) is 5.10 Å². The zero-order chi connectivity index (χ0) is 14.1. The normalized spacial score (nSPS) is 10.9. The van der Waals surface area contributed by atoms with Crippen LogP contribution >= 0.6 is 0 Å². The fraction of sp³-hybridized carbons (Fsp3) is 0.250. The number of hydrogen-bond donors (Lipinski definition) is 0. The standard InChI is InChI=1S/C4H2N6O8/c11-7(12)4(8(13)14,9(15)16)3-1-2-6(5-3)10(17)18/h1-2H. The van der Waals surface area contributed by atoms with Crippen molar-refractivity contribution in [3.8, 4) is 0 Å². The van der Waals surface area contributed by atoms with E-state index in [1.807, 2.05) is 0 Å². The summed E-state index contributed by atoms with van der Waals surface area (Å²) in [5, 5.41) is 43.7. The van der Waals surface area contributed by atoms with E-state index in [9.17, 15) is 40.5 Å². The van der Waals surface area contributed by atoms with Gasteiger partial charge in [0.1, 0.15) is 6.20 Å². The van der Waals surface area contributed by atoms with Crippen molar-refractivity contribution in [2.75, 3.05) is 0 Å². The molecule has 14 nitrogen and oxygen atoms in total. The minimum Gasteiger partial charge on any atom is -0.339 e. The van der Waals surface area contributed by atoms with Gasteiger partial charge in [-0.2, -0.15) is 0 Å². The molecule has 0 atom stereocenters. The molecule has 0 unspecified atom stereocenters. The maximum absolute atomic E-state index is 10.6. The van der Waals surface area contributed by atoms with Gasteiger partial charge in [0.25, 0.3) is 0 Å². The highest BCUT2D eigenvalue weighted by molar-refractivity contribution is 5.02. The van der Waals surface area contributed by atoms with Crippen LogP contribution in [-0.4, -0.2) is 29.7 Å². The van der Waals surface area contributed by atoms with Gasteiger partial charge in [0.05, 0.1) is 10.1 Å². The van der Waals surface area contributed by atoms with Gasteiger partial charge in [-0.1, -0.05) is 0 Å². The van der Waals surface area contributed by atoms with E-state index in [-0.39, 0.29) is 4.79 Å². The highest BCUT2D eigenvalue weighted by Crippen LogP contribution is 2.24. The van der Waals surface area contributed by atoms with E-state index < -0.39 is 31.3 Å². The Morgan fingerprint density at radius 1 is 1.00 bits per heavy atom. The average Bonchev–Trinajstić information content (AvgIpc) is 2.66. The van der Waals surface area contributed by atoms with E-state index in [0.717, 1.165) is 0 Å². The van der Waals surface area contributed by atoms with E-state index in [0.29, 0.717) is 12.3 Å². The summed E-state index contributed by atoms with van der Waals surface area (Å²) >= 11 is 0. The van der Waals surface area contributed by atoms with Gasteiger partial charge in [0, 0.05) is 10.9 Å². The third-order valence-corrected chi connectivity index (χ3v) is 1.85. The molecule has 0 fully saturated rings. The van der Waals surface area contributed by atoms with Gasteiger partial charge in [-0.3, -0.25) is 30.3 Å². The molecule has 0 saturated carbocycles. The Morgan fingerprint density at radius 2 is 1.44 bits per heavy atom. The first-order valence-electron chi connectivity index (χ1n) is 3.89. The smallest absolute Gasteiger partial charge is 0.339 e. The summed E-state index contributed by atoms with van der Waals surface area (Å²) in [6.45, 7) is 0. The second-order valence-electron chi connectivity index (χ2n) is 2.77. The molecule has 0 aliphatic carbocycles. The highest BCUT2D eigenvalue weighted by Gasteiger charge is 2.78. The Morgan fingerprint density at radius 3 is 1.72 bits per heavy atom. The maximum atomic E-state index is 10.6. The van der Waals surface area contributed by atoms with Crippen molar-refractivity contribution in [2.45, 2.75) is 5.79 Å². The van der Waals surface area contributed by atoms with Crippen LogP contribution in [0.25, 0.3) is 0 Å². The van der Waals surface area contributed by atoms with Crippen LogP contribution < -0.4 is 0 Å². The molecule has 1 heterocycles. The minimum absolute atomic E-state index is 0.111. The molecule has 96 valence electrons. The van der Waals surface area contributed by atoms with Crippen molar-refractivity contribution in [1.82, 2.24) is 9.89 Å². The van der Waals surface area contributed by atoms with Crippen molar-refractivity contribution < 1.29 is 19.8 Å². The Bertz CT molecular complexity index is 511. The molecule has 0 amide bonds. The predicted molar refractivity (Wildman–Crippen MR) is 47.3 cm³/mol. The van der Waals surface area contributed by atoms with Gasteiger partial charge in [-0.05, 0) is 0 Å². The molecule has 1 aromatic rings. The number of nitro groups is 4. The Hall–Kier alpha value is -3.19. The first-order valence-corrected chi connectivity index (χ1v) is 3.89. The van der Waals surface area contributed by atoms with Gasteiger partial charge in [0.2, 0.25) is 0 Å². The minimum atomic E-state index is -3.97. The van der Waals surface area contributed by atoms with Crippen LogP contribution in [0, 0.1) is 40.5 Å². The highest BCUT2D eigenvalue weighted by atomic mass is 16.7. The third-order valence-electron chi connectivity index (χ3n) is 1.85. The van der Waals surface area contributed by atoms with Crippen LogP contribution in [0.1, 0.15) is 5.69 Å². The predicted octanol–water partition coefficient (Wildman–Crippen LogP) is -1.14. The van der Waals surface area contributed by atoms with E-state index in [1.165, 1.54) is 0 Å². The summed E-state index contributed by atoms with van der Waals surface area (Å²) in [4.78, 5) is 36.5. The number of hydrogen-bond acceptors (Lipinski definition) is 9. The lowest BCUT2D eigenvalue weighted by atomic mass is 10.2. The van der Waals surface area contributed by atoms with Crippen molar-refractivity contribution in [2.24, 2.45) is 0 Å². The van der Waals surface area contributed by atoms with Crippen LogP contribution in [0.2, 0.25) is 0 Å². The molecule has 1 rings (SSSR count). The zero-order valence-corrected chi connectivity index (χ0v) is 8.10. The summed E-state index contributed by atoms with van der Waals surface area (Å²) in [7, 11) is 0. The molecular formula is C4H2N6O8. The first-order chi connectivity index (χ1) is 8.24. The largest absolute Gasteiger partial charge is 0.771 e. The molecule has 0 aliphatic heterocycles. The number of nitrogens with zero attached hydrogens (tertiary/aromatic N) is 6. The van der Waals surface area contributed by atoms with Crippen molar-refractivity contribution in [1.29, 1.82) is 0 Å². The number of aromatic nitrogens is 2. The summed E-state index contributed by atoms with van der Waals surface area (Å²) in [5.41, 5.74) is -1.28. The molecule has 18 heavy (non-hydrogen) atoms. The maximum Gasteiger partial charge on any atom is 0.771 e. The van der Waals surface area contributed by atoms with Crippen LogP contribution in [0.4, 0.5) is 0 Å². The molecular weight excluding hydrogens is 260 g/mol. The van der Waals surface area contributed by atoms with Gasteiger partial charge >= 0.3 is 11.5 Å². The zero-order valence-electron chi connectivity index (χ0n) is 8.10.